The van der Waals surface area contributed by atoms with Gasteiger partial charge in [0.1, 0.15) is 0 Å². The molecule has 0 amide bonds. The summed E-state index contributed by atoms with van der Waals surface area (Å²) in [5, 5.41) is 10.7. The first-order valence-corrected chi connectivity index (χ1v) is 4.01. The van der Waals surface area contributed by atoms with Gasteiger partial charge in [0.2, 0.25) is 5.95 Å². The van der Waals surface area contributed by atoms with Gasteiger partial charge < -0.3 is 0 Å². The van der Waals surface area contributed by atoms with Crippen molar-refractivity contribution in [2.24, 2.45) is 0 Å². The van der Waals surface area contributed by atoms with Crippen LogP contribution in [0.3, 0.4) is 0 Å². The monoisotopic (exact) mass is 176 g/mol. The molecule has 1 N–H and O–H groups in total. The molecule has 1 aromatic heterocycles. The van der Waals surface area contributed by atoms with Crippen molar-refractivity contribution in [3.8, 4) is 6.19 Å². The second kappa shape index (κ2) is 3.40. The number of anilines is 1. The number of hydrogen-bond donors (Lipinski definition) is 1. The molecule has 0 saturated heterocycles. The smallest absolute Gasteiger partial charge is 0.236 e. The van der Waals surface area contributed by atoms with Crippen LogP contribution in [0.4, 0.5) is 5.95 Å². The Morgan fingerprint density at radius 1 is 1.31 bits per heavy atom. The van der Waals surface area contributed by atoms with Crippen molar-refractivity contribution in [3.05, 3.63) is 18.0 Å². The van der Waals surface area contributed by atoms with Crippen LogP contribution in [-0.2, 0) is 5.41 Å². The van der Waals surface area contributed by atoms with Crippen LogP contribution >= 0.6 is 0 Å². The summed E-state index contributed by atoms with van der Waals surface area (Å²) in [4.78, 5) is 7.98. The molecule has 68 valence electrons. The molecule has 0 aliphatic carbocycles. The van der Waals surface area contributed by atoms with Gasteiger partial charge in [0.05, 0.1) is 0 Å². The predicted molar refractivity (Wildman–Crippen MR) is 50.0 cm³/mol. The Hall–Kier alpha value is -1.63. The zero-order valence-corrected chi connectivity index (χ0v) is 8.00. The standard InChI is InChI=1S/C9H12N4/c1-9(2,3)7-4-11-8(12-5-7)13-6-10/h4-5H,1-3H3,(H,11,12,13). The third-order valence-corrected chi connectivity index (χ3v) is 1.69. The van der Waals surface area contributed by atoms with Crippen molar-refractivity contribution < 1.29 is 0 Å². The summed E-state index contributed by atoms with van der Waals surface area (Å²) in [5.41, 5.74) is 1.10. The minimum Gasteiger partial charge on any atom is -0.261 e. The highest BCUT2D eigenvalue weighted by atomic mass is 15.1. The van der Waals surface area contributed by atoms with Gasteiger partial charge in [0.25, 0.3) is 0 Å². The van der Waals surface area contributed by atoms with Gasteiger partial charge in [0, 0.05) is 12.4 Å². The molecule has 0 radical (unpaired) electrons. The van der Waals surface area contributed by atoms with Gasteiger partial charge in [-0.05, 0) is 11.0 Å². The molecular weight excluding hydrogens is 164 g/mol. The summed E-state index contributed by atoms with van der Waals surface area (Å²) in [7, 11) is 0. The molecule has 0 spiro atoms. The summed E-state index contributed by atoms with van der Waals surface area (Å²) in [6.45, 7) is 6.26. The van der Waals surface area contributed by atoms with E-state index in [0.29, 0.717) is 5.95 Å². The number of nitrogens with zero attached hydrogens (tertiary/aromatic N) is 3. The van der Waals surface area contributed by atoms with Crippen molar-refractivity contribution in [3.63, 3.8) is 0 Å². The zero-order chi connectivity index (χ0) is 9.90. The number of aromatic nitrogens is 2. The number of nitriles is 1. The Morgan fingerprint density at radius 2 is 1.85 bits per heavy atom. The normalized spacial score (nSPS) is 10.6. The second-order valence-electron chi connectivity index (χ2n) is 3.78. The molecule has 0 bridgehead atoms. The minimum absolute atomic E-state index is 0.0468. The van der Waals surface area contributed by atoms with Crippen LogP contribution in [-0.4, -0.2) is 9.97 Å². The fraction of sp³-hybridized carbons (Fsp3) is 0.444. The van der Waals surface area contributed by atoms with E-state index in [1.807, 2.05) is 0 Å². The van der Waals surface area contributed by atoms with Crippen LogP contribution in [0.25, 0.3) is 0 Å². The van der Waals surface area contributed by atoms with Crippen LogP contribution in [0.5, 0.6) is 0 Å². The van der Waals surface area contributed by atoms with Gasteiger partial charge in [0.15, 0.2) is 6.19 Å². The molecule has 4 heteroatoms. The highest BCUT2D eigenvalue weighted by Gasteiger charge is 2.14. The average molecular weight is 176 g/mol. The van der Waals surface area contributed by atoms with E-state index in [9.17, 15) is 0 Å². The molecule has 4 nitrogen and oxygen atoms in total. The Morgan fingerprint density at radius 3 is 2.23 bits per heavy atom. The van der Waals surface area contributed by atoms with Crippen molar-refractivity contribution >= 4 is 5.95 Å². The lowest BCUT2D eigenvalue weighted by Gasteiger charge is -2.17. The Labute approximate surface area is 77.6 Å². The minimum atomic E-state index is 0.0468. The maximum absolute atomic E-state index is 8.31. The molecule has 0 saturated carbocycles. The van der Waals surface area contributed by atoms with Crippen LogP contribution in [0.15, 0.2) is 12.4 Å². The summed E-state index contributed by atoms with van der Waals surface area (Å²) in [6, 6.07) is 0. The zero-order valence-electron chi connectivity index (χ0n) is 8.00. The van der Waals surface area contributed by atoms with Crippen LogP contribution in [0.1, 0.15) is 26.3 Å². The van der Waals surface area contributed by atoms with E-state index in [-0.39, 0.29) is 5.41 Å². The molecule has 13 heavy (non-hydrogen) atoms. The van der Waals surface area contributed by atoms with E-state index in [1.165, 1.54) is 0 Å². The van der Waals surface area contributed by atoms with Gasteiger partial charge in [-0.1, -0.05) is 20.8 Å². The Bertz CT molecular complexity index is 315. The fourth-order valence-electron chi connectivity index (χ4n) is 0.830. The lowest BCUT2D eigenvalue weighted by Crippen LogP contribution is -2.12. The molecule has 1 heterocycles. The number of nitrogens with one attached hydrogen (secondary N) is 1. The first-order valence-electron chi connectivity index (χ1n) is 4.01. The Kier molecular flexibility index (Phi) is 2.47. The summed E-state index contributed by atoms with van der Waals surface area (Å²) in [5.74, 6) is 0.343. The van der Waals surface area contributed by atoms with Crippen molar-refractivity contribution in [1.82, 2.24) is 9.97 Å². The molecule has 1 rings (SSSR count). The van der Waals surface area contributed by atoms with E-state index >= 15 is 0 Å². The third kappa shape index (κ3) is 2.41. The van der Waals surface area contributed by atoms with Gasteiger partial charge in [-0.3, -0.25) is 5.32 Å². The summed E-state index contributed by atoms with van der Waals surface area (Å²) >= 11 is 0. The van der Waals surface area contributed by atoms with Gasteiger partial charge in [-0.2, -0.15) is 5.26 Å². The topological polar surface area (TPSA) is 61.6 Å². The van der Waals surface area contributed by atoms with Crippen molar-refractivity contribution in [2.75, 3.05) is 5.32 Å². The molecular formula is C9H12N4. The second-order valence-corrected chi connectivity index (χ2v) is 3.78. The molecule has 0 unspecified atom stereocenters. The van der Waals surface area contributed by atoms with Gasteiger partial charge >= 0.3 is 0 Å². The van der Waals surface area contributed by atoms with E-state index in [4.69, 9.17) is 5.26 Å². The lowest BCUT2D eigenvalue weighted by molar-refractivity contribution is 0.584. The van der Waals surface area contributed by atoms with E-state index in [0.717, 1.165) is 5.56 Å². The predicted octanol–water partition coefficient (Wildman–Crippen LogP) is 1.67. The highest BCUT2D eigenvalue weighted by molar-refractivity contribution is 5.31. The molecule has 0 aromatic carbocycles. The quantitative estimate of drug-likeness (QED) is 0.522. The first kappa shape index (κ1) is 9.46. The van der Waals surface area contributed by atoms with E-state index in [2.05, 4.69) is 36.1 Å². The highest BCUT2D eigenvalue weighted by Crippen LogP contribution is 2.20. The Balaban J connectivity index is 2.89. The van der Waals surface area contributed by atoms with Crippen molar-refractivity contribution in [2.45, 2.75) is 26.2 Å². The fourth-order valence-corrected chi connectivity index (χ4v) is 0.830. The lowest BCUT2D eigenvalue weighted by atomic mass is 9.89. The van der Waals surface area contributed by atoms with E-state index < -0.39 is 0 Å². The molecule has 1 aromatic rings. The maximum atomic E-state index is 8.31. The van der Waals surface area contributed by atoms with E-state index in [1.54, 1.807) is 18.6 Å². The largest absolute Gasteiger partial charge is 0.261 e. The first-order chi connectivity index (χ1) is 6.04. The molecule has 0 aliphatic rings. The molecule has 0 aliphatic heterocycles. The van der Waals surface area contributed by atoms with Crippen LogP contribution < -0.4 is 5.32 Å². The summed E-state index contributed by atoms with van der Waals surface area (Å²) < 4.78 is 0. The van der Waals surface area contributed by atoms with Gasteiger partial charge in [-0.15, -0.1) is 0 Å². The summed E-state index contributed by atoms with van der Waals surface area (Å²) in [6.07, 6.45) is 5.22. The molecule has 0 atom stereocenters. The van der Waals surface area contributed by atoms with Crippen LogP contribution in [0, 0.1) is 11.5 Å². The third-order valence-electron chi connectivity index (χ3n) is 1.69. The van der Waals surface area contributed by atoms with Crippen LogP contribution in [0.2, 0.25) is 0 Å². The number of rotatable bonds is 1. The average Bonchev–Trinajstić information content (AvgIpc) is 2.04. The van der Waals surface area contributed by atoms with Gasteiger partial charge in [-0.25, -0.2) is 9.97 Å². The molecule has 0 fully saturated rings. The SMILES string of the molecule is CC(C)(C)c1cnc(NC#N)nc1. The van der Waals surface area contributed by atoms with Crippen molar-refractivity contribution in [1.29, 1.82) is 5.26 Å². The maximum Gasteiger partial charge on any atom is 0.236 e. The number of hydrogen-bond acceptors (Lipinski definition) is 4.